The lowest BCUT2D eigenvalue weighted by atomic mass is 10.0. The van der Waals surface area contributed by atoms with Crippen LogP contribution >= 0.6 is 0 Å². The molecule has 3 N–H and O–H groups in total. The van der Waals surface area contributed by atoms with Crippen LogP contribution in [0.25, 0.3) is 0 Å². The third-order valence-electron chi connectivity index (χ3n) is 2.57. The Labute approximate surface area is 109 Å². The molecule has 5 nitrogen and oxygen atoms in total. The average Bonchev–Trinajstić information content (AvgIpc) is 2.39. The molecule has 0 aliphatic carbocycles. The van der Waals surface area contributed by atoms with Crippen molar-refractivity contribution in [2.75, 3.05) is 5.73 Å². The minimum atomic E-state index is -0.449. The molecule has 0 spiro atoms. The maximum atomic E-state index is 12.3. The van der Waals surface area contributed by atoms with E-state index in [2.05, 4.69) is 0 Å². The fourth-order valence-corrected chi connectivity index (χ4v) is 1.69. The van der Waals surface area contributed by atoms with Gasteiger partial charge in [0, 0.05) is 11.8 Å². The van der Waals surface area contributed by atoms with Crippen LogP contribution in [-0.4, -0.2) is 17.4 Å². The molecule has 0 saturated heterocycles. The zero-order valence-corrected chi connectivity index (χ0v) is 9.87. The molecular formula is C14H11NO4. The number of phenols is 1. The van der Waals surface area contributed by atoms with Crippen molar-refractivity contribution in [3.63, 3.8) is 0 Å². The van der Waals surface area contributed by atoms with Crippen molar-refractivity contribution < 1.29 is 19.4 Å². The molecule has 0 aliphatic rings. The number of anilines is 1. The first kappa shape index (κ1) is 12.6. The average molecular weight is 257 g/mol. The standard InChI is InChI=1S/C14H11NO4/c15-9-5-6-11(13(7-9)19-8-16)14(18)10-3-1-2-4-12(10)17/h1-8,17H,15H2. The number of aromatic hydroxyl groups is 1. The molecule has 2 aromatic rings. The molecule has 2 rings (SSSR count). The van der Waals surface area contributed by atoms with Crippen LogP contribution in [0.4, 0.5) is 5.69 Å². The second-order valence-electron chi connectivity index (χ2n) is 3.82. The van der Waals surface area contributed by atoms with Gasteiger partial charge in [0.05, 0.1) is 11.1 Å². The summed E-state index contributed by atoms with van der Waals surface area (Å²) in [6.07, 6.45) is 0. The van der Waals surface area contributed by atoms with E-state index in [1.807, 2.05) is 0 Å². The van der Waals surface area contributed by atoms with Gasteiger partial charge in [-0.25, -0.2) is 0 Å². The highest BCUT2D eigenvalue weighted by Gasteiger charge is 2.17. The number of para-hydroxylation sites is 1. The second-order valence-corrected chi connectivity index (χ2v) is 3.82. The molecular weight excluding hydrogens is 246 g/mol. The molecule has 0 amide bonds. The van der Waals surface area contributed by atoms with Gasteiger partial charge in [0.2, 0.25) is 0 Å². The van der Waals surface area contributed by atoms with Crippen LogP contribution in [0.5, 0.6) is 11.5 Å². The third kappa shape index (κ3) is 2.55. The lowest BCUT2D eigenvalue weighted by molar-refractivity contribution is -0.120. The number of nitrogens with two attached hydrogens (primary N) is 1. The Bertz CT molecular complexity index is 637. The highest BCUT2D eigenvalue weighted by Crippen LogP contribution is 2.27. The summed E-state index contributed by atoms with van der Waals surface area (Å²) in [5.74, 6) is -0.528. The summed E-state index contributed by atoms with van der Waals surface area (Å²) in [4.78, 5) is 22.7. The second kappa shape index (κ2) is 5.22. The van der Waals surface area contributed by atoms with Crippen LogP contribution in [0.2, 0.25) is 0 Å². The van der Waals surface area contributed by atoms with Crippen molar-refractivity contribution in [1.29, 1.82) is 0 Å². The first-order valence-corrected chi connectivity index (χ1v) is 5.46. The van der Waals surface area contributed by atoms with Crippen molar-refractivity contribution >= 4 is 17.9 Å². The van der Waals surface area contributed by atoms with Gasteiger partial charge in [-0.3, -0.25) is 9.59 Å². The van der Waals surface area contributed by atoms with E-state index in [0.29, 0.717) is 5.69 Å². The Morgan fingerprint density at radius 1 is 1.16 bits per heavy atom. The van der Waals surface area contributed by atoms with Crippen LogP contribution in [-0.2, 0) is 4.79 Å². The molecule has 96 valence electrons. The maximum absolute atomic E-state index is 12.3. The summed E-state index contributed by atoms with van der Waals surface area (Å²) >= 11 is 0. The van der Waals surface area contributed by atoms with Gasteiger partial charge in [0.1, 0.15) is 11.5 Å². The first-order chi connectivity index (χ1) is 9.13. The van der Waals surface area contributed by atoms with Gasteiger partial charge in [0.25, 0.3) is 6.47 Å². The van der Waals surface area contributed by atoms with E-state index in [9.17, 15) is 14.7 Å². The summed E-state index contributed by atoms with van der Waals surface area (Å²) in [5, 5.41) is 9.66. The Balaban J connectivity index is 2.50. The number of benzene rings is 2. The summed E-state index contributed by atoms with van der Waals surface area (Å²) in [6.45, 7) is 0.219. The van der Waals surface area contributed by atoms with E-state index in [-0.39, 0.29) is 29.1 Å². The lowest BCUT2D eigenvalue weighted by Gasteiger charge is -2.08. The molecule has 0 heterocycles. The number of carbonyl (C=O) groups is 2. The molecule has 0 atom stereocenters. The van der Waals surface area contributed by atoms with E-state index in [1.165, 1.54) is 30.3 Å². The van der Waals surface area contributed by atoms with Crippen LogP contribution in [0.15, 0.2) is 42.5 Å². The van der Waals surface area contributed by atoms with Gasteiger partial charge >= 0.3 is 0 Å². The number of phenolic OH excluding ortho intramolecular Hbond substituents is 1. The largest absolute Gasteiger partial charge is 0.507 e. The Hall–Kier alpha value is -2.82. The van der Waals surface area contributed by atoms with Crippen LogP contribution < -0.4 is 10.5 Å². The van der Waals surface area contributed by atoms with Crippen molar-refractivity contribution in [1.82, 2.24) is 0 Å². The van der Waals surface area contributed by atoms with E-state index in [0.717, 1.165) is 0 Å². The smallest absolute Gasteiger partial charge is 0.298 e. The highest BCUT2D eigenvalue weighted by molar-refractivity contribution is 6.12. The lowest BCUT2D eigenvalue weighted by Crippen LogP contribution is -2.05. The van der Waals surface area contributed by atoms with Crippen molar-refractivity contribution in [2.24, 2.45) is 0 Å². The quantitative estimate of drug-likeness (QED) is 0.494. The summed E-state index contributed by atoms with van der Waals surface area (Å²) in [5.41, 5.74) is 6.22. The molecule has 0 aliphatic heterocycles. The third-order valence-corrected chi connectivity index (χ3v) is 2.57. The SMILES string of the molecule is Nc1ccc(C(=O)c2ccccc2O)c(OC=O)c1. The van der Waals surface area contributed by atoms with Gasteiger partial charge in [-0.15, -0.1) is 0 Å². The summed E-state index contributed by atoms with van der Waals surface area (Å²) in [6, 6.07) is 10.5. The minimum absolute atomic E-state index is 0.0586. The van der Waals surface area contributed by atoms with Crippen LogP contribution in [0.1, 0.15) is 15.9 Å². The van der Waals surface area contributed by atoms with Crippen molar-refractivity contribution in [3.05, 3.63) is 53.6 Å². The molecule has 19 heavy (non-hydrogen) atoms. The number of hydrogen-bond donors (Lipinski definition) is 2. The maximum Gasteiger partial charge on any atom is 0.298 e. The van der Waals surface area contributed by atoms with E-state index >= 15 is 0 Å². The molecule has 0 radical (unpaired) electrons. The molecule has 0 unspecified atom stereocenters. The Morgan fingerprint density at radius 2 is 1.89 bits per heavy atom. The van der Waals surface area contributed by atoms with Gasteiger partial charge in [-0.05, 0) is 24.3 Å². The summed E-state index contributed by atoms with van der Waals surface area (Å²) in [7, 11) is 0. The zero-order valence-electron chi connectivity index (χ0n) is 9.87. The number of nitrogen functional groups attached to an aromatic ring is 1. The monoisotopic (exact) mass is 257 g/mol. The zero-order chi connectivity index (χ0) is 13.8. The molecule has 0 fully saturated rings. The molecule has 2 aromatic carbocycles. The topological polar surface area (TPSA) is 89.6 Å². The predicted molar refractivity (Wildman–Crippen MR) is 69.1 cm³/mol. The van der Waals surface area contributed by atoms with Gasteiger partial charge in [-0.2, -0.15) is 0 Å². The molecule has 5 heteroatoms. The van der Waals surface area contributed by atoms with Crippen LogP contribution in [0, 0.1) is 0 Å². The van der Waals surface area contributed by atoms with Crippen molar-refractivity contribution in [2.45, 2.75) is 0 Å². The number of hydrogen-bond acceptors (Lipinski definition) is 5. The number of carbonyl (C=O) groups excluding carboxylic acids is 2. The summed E-state index contributed by atoms with van der Waals surface area (Å²) < 4.78 is 4.74. The number of ether oxygens (including phenoxy) is 1. The highest BCUT2D eigenvalue weighted by atomic mass is 16.5. The van der Waals surface area contributed by atoms with Gasteiger partial charge in [0.15, 0.2) is 5.78 Å². The van der Waals surface area contributed by atoms with Crippen LogP contribution in [0.3, 0.4) is 0 Å². The van der Waals surface area contributed by atoms with E-state index < -0.39 is 5.78 Å². The minimum Gasteiger partial charge on any atom is -0.507 e. The van der Waals surface area contributed by atoms with Crippen molar-refractivity contribution in [3.8, 4) is 11.5 Å². The first-order valence-electron chi connectivity index (χ1n) is 5.46. The number of ketones is 1. The fourth-order valence-electron chi connectivity index (χ4n) is 1.69. The predicted octanol–water partition coefficient (Wildman–Crippen LogP) is 1.74. The molecule has 0 saturated carbocycles. The normalized spacial score (nSPS) is 9.89. The van der Waals surface area contributed by atoms with E-state index in [4.69, 9.17) is 10.5 Å². The van der Waals surface area contributed by atoms with E-state index in [1.54, 1.807) is 12.1 Å². The Morgan fingerprint density at radius 3 is 2.58 bits per heavy atom. The van der Waals surface area contributed by atoms with Gasteiger partial charge < -0.3 is 15.6 Å². The number of rotatable bonds is 4. The molecule has 0 bridgehead atoms. The fraction of sp³-hybridized carbons (Fsp3) is 0. The Kier molecular flexibility index (Phi) is 3.47. The molecule has 0 aromatic heterocycles. The van der Waals surface area contributed by atoms with Gasteiger partial charge in [-0.1, -0.05) is 12.1 Å².